The van der Waals surface area contributed by atoms with Gasteiger partial charge < -0.3 is 15.0 Å². The number of thiazole rings is 1. The number of aryl methyl sites for hydroxylation is 2. The molecule has 158 valence electrons. The summed E-state index contributed by atoms with van der Waals surface area (Å²) in [6, 6.07) is 7.67. The van der Waals surface area contributed by atoms with Gasteiger partial charge in [0.1, 0.15) is 5.75 Å². The van der Waals surface area contributed by atoms with Gasteiger partial charge in [0.05, 0.1) is 25.3 Å². The number of aromatic nitrogens is 2. The molecule has 1 N–H and O–H groups in total. The number of imidazole rings is 1. The van der Waals surface area contributed by atoms with E-state index in [0.29, 0.717) is 32.5 Å². The lowest BCUT2D eigenvalue weighted by atomic mass is 9.96. The molecule has 1 unspecified atom stereocenters. The maximum absolute atomic E-state index is 12.7. The SMILES string of the molecule is COc1cccc(CN2CC(C(=O)NCc3cn4c(C)c(C)sc4n3)CCC2=O)c1. The predicted molar refractivity (Wildman–Crippen MR) is 116 cm³/mol. The second-order valence-electron chi connectivity index (χ2n) is 7.71. The summed E-state index contributed by atoms with van der Waals surface area (Å²) in [5.74, 6) is 0.613. The number of hydrogen-bond acceptors (Lipinski definition) is 5. The van der Waals surface area contributed by atoms with E-state index in [2.05, 4.69) is 28.5 Å². The van der Waals surface area contributed by atoms with Crippen LogP contribution in [0.5, 0.6) is 5.75 Å². The molecule has 30 heavy (non-hydrogen) atoms. The molecule has 2 amide bonds. The lowest BCUT2D eigenvalue weighted by Gasteiger charge is -2.32. The van der Waals surface area contributed by atoms with Crippen molar-refractivity contribution in [3.05, 3.63) is 52.3 Å². The van der Waals surface area contributed by atoms with Crippen LogP contribution in [-0.2, 0) is 22.7 Å². The van der Waals surface area contributed by atoms with Gasteiger partial charge in [-0.3, -0.25) is 14.0 Å². The molecular weight excluding hydrogens is 400 g/mol. The van der Waals surface area contributed by atoms with E-state index in [4.69, 9.17) is 4.74 Å². The van der Waals surface area contributed by atoms with Crippen LogP contribution in [0.2, 0.25) is 0 Å². The molecule has 3 aromatic rings. The van der Waals surface area contributed by atoms with E-state index >= 15 is 0 Å². The largest absolute Gasteiger partial charge is 0.497 e. The van der Waals surface area contributed by atoms with Crippen LogP contribution in [0.4, 0.5) is 0 Å². The second-order valence-corrected chi connectivity index (χ2v) is 8.89. The second kappa shape index (κ2) is 8.47. The number of hydrogen-bond donors (Lipinski definition) is 1. The number of nitrogens with zero attached hydrogens (tertiary/aromatic N) is 3. The number of rotatable bonds is 6. The third-order valence-corrected chi connectivity index (χ3v) is 6.73. The van der Waals surface area contributed by atoms with Crippen molar-refractivity contribution >= 4 is 28.1 Å². The molecule has 0 saturated carbocycles. The summed E-state index contributed by atoms with van der Waals surface area (Å²) in [5.41, 5.74) is 3.02. The maximum atomic E-state index is 12.7. The van der Waals surface area contributed by atoms with E-state index in [-0.39, 0.29) is 17.7 Å². The molecule has 7 nitrogen and oxygen atoms in total. The minimum absolute atomic E-state index is 0.0256. The molecule has 3 heterocycles. The standard InChI is InChI=1S/C22H26N4O3S/c1-14-15(2)30-22-24-18(13-26(14)22)10-23-21(28)17-7-8-20(27)25(12-17)11-16-5-4-6-19(9-16)29-3/h4-6,9,13,17H,7-8,10-12H2,1-3H3,(H,23,28). The van der Waals surface area contributed by atoms with Crippen molar-refractivity contribution < 1.29 is 14.3 Å². The minimum atomic E-state index is -0.207. The quantitative estimate of drug-likeness (QED) is 0.657. The van der Waals surface area contributed by atoms with Gasteiger partial charge in [0.25, 0.3) is 0 Å². The van der Waals surface area contributed by atoms with E-state index in [9.17, 15) is 9.59 Å². The van der Waals surface area contributed by atoms with Crippen molar-refractivity contribution in [2.45, 2.75) is 39.8 Å². The molecule has 0 spiro atoms. The summed E-state index contributed by atoms with van der Waals surface area (Å²) >= 11 is 1.65. The first-order chi connectivity index (χ1) is 14.4. The lowest BCUT2D eigenvalue weighted by Crippen LogP contribution is -2.45. The molecule has 8 heteroatoms. The van der Waals surface area contributed by atoms with Gasteiger partial charge in [-0.2, -0.15) is 0 Å². The van der Waals surface area contributed by atoms with Gasteiger partial charge in [-0.1, -0.05) is 12.1 Å². The van der Waals surface area contributed by atoms with E-state index in [1.165, 1.54) is 10.6 Å². The summed E-state index contributed by atoms with van der Waals surface area (Å²) in [6.07, 6.45) is 2.95. The Morgan fingerprint density at radius 3 is 2.97 bits per heavy atom. The summed E-state index contributed by atoms with van der Waals surface area (Å²) < 4.78 is 7.33. The number of benzene rings is 1. The average Bonchev–Trinajstić information content (AvgIpc) is 3.26. The normalized spacial score (nSPS) is 16.8. The Labute approximate surface area is 179 Å². The molecule has 1 saturated heterocycles. The molecule has 1 aliphatic heterocycles. The maximum Gasteiger partial charge on any atom is 0.225 e. The fourth-order valence-electron chi connectivity index (χ4n) is 3.78. The molecule has 0 aliphatic carbocycles. The number of ether oxygens (including phenoxy) is 1. The fraction of sp³-hybridized carbons (Fsp3) is 0.409. The highest BCUT2D eigenvalue weighted by atomic mass is 32.1. The Hall–Kier alpha value is -2.87. The molecule has 0 radical (unpaired) electrons. The summed E-state index contributed by atoms with van der Waals surface area (Å²) in [5, 5.41) is 3.00. The van der Waals surface area contributed by atoms with E-state index in [0.717, 1.165) is 22.0 Å². The highest BCUT2D eigenvalue weighted by molar-refractivity contribution is 7.17. The molecule has 0 bridgehead atoms. The van der Waals surface area contributed by atoms with Crippen LogP contribution in [-0.4, -0.2) is 39.8 Å². The van der Waals surface area contributed by atoms with Crippen LogP contribution in [0.25, 0.3) is 4.96 Å². The van der Waals surface area contributed by atoms with Crippen molar-refractivity contribution in [1.29, 1.82) is 0 Å². The average molecular weight is 427 g/mol. The van der Waals surface area contributed by atoms with Gasteiger partial charge in [-0.15, -0.1) is 11.3 Å². The van der Waals surface area contributed by atoms with E-state index in [1.54, 1.807) is 23.3 Å². The first-order valence-corrected chi connectivity index (χ1v) is 10.9. The van der Waals surface area contributed by atoms with Gasteiger partial charge in [-0.25, -0.2) is 4.98 Å². The van der Waals surface area contributed by atoms with Crippen LogP contribution >= 0.6 is 11.3 Å². The Balaban J connectivity index is 1.36. The van der Waals surface area contributed by atoms with E-state index < -0.39 is 0 Å². The molecule has 2 aromatic heterocycles. The number of likely N-dealkylation sites (tertiary alicyclic amines) is 1. The van der Waals surface area contributed by atoms with Crippen LogP contribution < -0.4 is 10.1 Å². The highest BCUT2D eigenvalue weighted by Gasteiger charge is 2.30. The molecule has 4 rings (SSSR count). The van der Waals surface area contributed by atoms with Gasteiger partial charge in [-0.05, 0) is 38.0 Å². The van der Waals surface area contributed by atoms with Gasteiger partial charge in [0.15, 0.2) is 4.96 Å². The van der Waals surface area contributed by atoms with Crippen molar-refractivity contribution in [1.82, 2.24) is 19.6 Å². The van der Waals surface area contributed by atoms with Crippen LogP contribution in [0.3, 0.4) is 0 Å². The molecule has 1 aliphatic rings. The highest BCUT2D eigenvalue weighted by Crippen LogP contribution is 2.23. The minimum Gasteiger partial charge on any atom is -0.497 e. The predicted octanol–water partition coefficient (Wildman–Crippen LogP) is 3.08. The lowest BCUT2D eigenvalue weighted by molar-refractivity contribution is -0.139. The zero-order valence-electron chi connectivity index (χ0n) is 17.5. The molecule has 1 aromatic carbocycles. The zero-order chi connectivity index (χ0) is 21.3. The van der Waals surface area contributed by atoms with Crippen LogP contribution in [0, 0.1) is 19.8 Å². The number of carbonyl (C=O) groups excluding carboxylic acids is 2. The fourth-order valence-corrected chi connectivity index (χ4v) is 4.75. The Morgan fingerprint density at radius 2 is 2.20 bits per heavy atom. The zero-order valence-corrected chi connectivity index (χ0v) is 18.3. The van der Waals surface area contributed by atoms with Gasteiger partial charge in [0, 0.05) is 36.3 Å². The first kappa shape index (κ1) is 20.4. The molecule has 1 fully saturated rings. The number of amides is 2. The number of nitrogens with one attached hydrogen (secondary N) is 1. The summed E-state index contributed by atoms with van der Waals surface area (Å²) in [4.78, 5) is 33.7. The van der Waals surface area contributed by atoms with E-state index in [1.807, 2.05) is 30.5 Å². The monoisotopic (exact) mass is 426 g/mol. The van der Waals surface area contributed by atoms with Gasteiger partial charge in [0.2, 0.25) is 11.8 Å². The van der Waals surface area contributed by atoms with Crippen molar-refractivity contribution in [2.75, 3.05) is 13.7 Å². The third-order valence-electron chi connectivity index (χ3n) is 5.66. The number of carbonyl (C=O) groups is 2. The first-order valence-electron chi connectivity index (χ1n) is 10.1. The molecular formula is C22H26N4O3S. The number of fused-ring (bicyclic) bond motifs is 1. The number of methoxy groups -OCH3 is 1. The van der Waals surface area contributed by atoms with Crippen LogP contribution in [0.15, 0.2) is 30.5 Å². The van der Waals surface area contributed by atoms with Crippen molar-refractivity contribution in [3.8, 4) is 5.75 Å². The number of piperidine rings is 1. The smallest absolute Gasteiger partial charge is 0.225 e. The summed E-state index contributed by atoms with van der Waals surface area (Å²) in [7, 11) is 1.62. The Morgan fingerprint density at radius 1 is 1.37 bits per heavy atom. The third kappa shape index (κ3) is 4.18. The van der Waals surface area contributed by atoms with Crippen molar-refractivity contribution in [3.63, 3.8) is 0 Å². The summed E-state index contributed by atoms with van der Waals surface area (Å²) in [6.45, 7) is 5.46. The Bertz CT molecular complexity index is 1090. The molecule has 1 atom stereocenters. The van der Waals surface area contributed by atoms with Gasteiger partial charge >= 0.3 is 0 Å². The van der Waals surface area contributed by atoms with Crippen molar-refractivity contribution in [2.24, 2.45) is 5.92 Å². The van der Waals surface area contributed by atoms with Crippen LogP contribution in [0.1, 0.15) is 34.7 Å². The topological polar surface area (TPSA) is 75.9 Å². The Kier molecular flexibility index (Phi) is 5.76.